The number of nitrogen functional groups attached to an aromatic ring is 1. The zero-order chi connectivity index (χ0) is 13.0. The molecular formula is C14H15NO2S. The van der Waals surface area contributed by atoms with E-state index in [4.69, 9.17) is 5.73 Å². The summed E-state index contributed by atoms with van der Waals surface area (Å²) < 4.78 is 24.2. The average Bonchev–Trinajstić information content (AvgIpc) is 2.38. The molecule has 0 saturated carbocycles. The first-order chi connectivity index (χ1) is 8.58. The average molecular weight is 261 g/mol. The lowest BCUT2D eigenvalue weighted by Crippen LogP contribution is -2.09. The van der Waals surface area contributed by atoms with Crippen LogP contribution in [0.3, 0.4) is 0 Å². The van der Waals surface area contributed by atoms with Crippen LogP contribution in [0.1, 0.15) is 5.56 Å². The van der Waals surface area contributed by atoms with Crippen molar-refractivity contribution in [2.45, 2.75) is 11.3 Å². The molecule has 0 unspecified atom stereocenters. The highest BCUT2D eigenvalue weighted by atomic mass is 32.2. The molecule has 3 nitrogen and oxygen atoms in total. The van der Waals surface area contributed by atoms with Gasteiger partial charge in [-0.05, 0) is 30.2 Å². The van der Waals surface area contributed by atoms with Crippen LogP contribution in [0.15, 0.2) is 59.5 Å². The Bertz CT molecular complexity index is 621. The predicted octanol–water partition coefficient (Wildman–Crippen LogP) is 2.29. The molecule has 2 rings (SSSR count). The minimum atomic E-state index is -3.26. The fourth-order valence-electron chi connectivity index (χ4n) is 1.72. The lowest BCUT2D eigenvalue weighted by molar-refractivity contribution is 0.595. The van der Waals surface area contributed by atoms with Gasteiger partial charge >= 0.3 is 0 Å². The normalized spacial score (nSPS) is 11.3. The molecule has 0 radical (unpaired) electrons. The number of sulfone groups is 1. The Hall–Kier alpha value is -1.81. The summed E-state index contributed by atoms with van der Waals surface area (Å²) in [5.41, 5.74) is 7.08. The van der Waals surface area contributed by atoms with Crippen LogP contribution >= 0.6 is 0 Å². The van der Waals surface area contributed by atoms with Gasteiger partial charge in [0.05, 0.1) is 10.6 Å². The van der Waals surface area contributed by atoms with E-state index in [1.165, 1.54) is 6.07 Å². The molecule has 2 aromatic rings. The van der Waals surface area contributed by atoms with Crippen molar-refractivity contribution in [2.75, 3.05) is 11.5 Å². The van der Waals surface area contributed by atoms with E-state index in [1.54, 1.807) is 18.2 Å². The zero-order valence-corrected chi connectivity index (χ0v) is 10.7. The monoisotopic (exact) mass is 261 g/mol. The molecule has 0 amide bonds. The van der Waals surface area contributed by atoms with Gasteiger partial charge in [-0.25, -0.2) is 8.42 Å². The van der Waals surface area contributed by atoms with Gasteiger partial charge in [-0.2, -0.15) is 0 Å². The minimum Gasteiger partial charge on any atom is -0.399 e. The molecule has 0 aliphatic heterocycles. The van der Waals surface area contributed by atoms with E-state index in [2.05, 4.69) is 0 Å². The molecule has 0 aliphatic rings. The van der Waals surface area contributed by atoms with Crippen LogP contribution in [0.4, 0.5) is 5.69 Å². The number of anilines is 1. The minimum absolute atomic E-state index is 0.0977. The SMILES string of the molecule is Nc1cccc(S(=O)(=O)CCc2ccccc2)c1. The Kier molecular flexibility index (Phi) is 3.67. The number of hydrogen-bond donors (Lipinski definition) is 1. The maximum atomic E-state index is 12.1. The van der Waals surface area contributed by atoms with Crippen molar-refractivity contribution in [3.05, 3.63) is 60.2 Å². The van der Waals surface area contributed by atoms with E-state index in [0.717, 1.165) is 5.56 Å². The largest absolute Gasteiger partial charge is 0.399 e. The molecule has 0 fully saturated rings. The van der Waals surface area contributed by atoms with Crippen molar-refractivity contribution in [1.29, 1.82) is 0 Å². The first kappa shape index (κ1) is 12.6. The first-order valence-corrected chi connectivity index (χ1v) is 7.35. The van der Waals surface area contributed by atoms with Crippen molar-refractivity contribution in [2.24, 2.45) is 0 Å². The number of hydrogen-bond acceptors (Lipinski definition) is 3. The number of aryl methyl sites for hydroxylation is 1. The maximum absolute atomic E-state index is 12.1. The van der Waals surface area contributed by atoms with Crippen molar-refractivity contribution in [3.8, 4) is 0 Å². The highest BCUT2D eigenvalue weighted by Crippen LogP contribution is 2.15. The van der Waals surface area contributed by atoms with E-state index in [1.807, 2.05) is 30.3 Å². The van der Waals surface area contributed by atoms with Gasteiger partial charge in [0.25, 0.3) is 0 Å². The second-order valence-corrected chi connectivity index (χ2v) is 6.24. The fraction of sp³-hybridized carbons (Fsp3) is 0.143. The third kappa shape index (κ3) is 3.11. The topological polar surface area (TPSA) is 60.2 Å². The molecule has 0 spiro atoms. The molecule has 0 bridgehead atoms. The van der Waals surface area contributed by atoms with Gasteiger partial charge in [-0.1, -0.05) is 36.4 Å². The standard InChI is InChI=1S/C14H15NO2S/c15-13-7-4-8-14(11-13)18(16,17)10-9-12-5-2-1-3-6-12/h1-8,11H,9-10,15H2. The van der Waals surface area contributed by atoms with Crippen LogP contribution in [0.25, 0.3) is 0 Å². The van der Waals surface area contributed by atoms with Gasteiger partial charge in [0.1, 0.15) is 0 Å². The number of benzene rings is 2. The molecule has 0 heterocycles. The summed E-state index contributed by atoms with van der Waals surface area (Å²) in [6.07, 6.45) is 0.512. The molecule has 94 valence electrons. The van der Waals surface area contributed by atoms with Crippen LogP contribution in [0.5, 0.6) is 0 Å². The van der Waals surface area contributed by atoms with Gasteiger partial charge < -0.3 is 5.73 Å². The lowest BCUT2D eigenvalue weighted by atomic mass is 10.2. The first-order valence-electron chi connectivity index (χ1n) is 5.70. The van der Waals surface area contributed by atoms with E-state index in [9.17, 15) is 8.42 Å². The molecule has 0 aliphatic carbocycles. The summed E-state index contributed by atoms with van der Waals surface area (Å²) in [5, 5.41) is 0. The van der Waals surface area contributed by atoms with E-state index in [-0.39, 0.29) is 5.75 Å². The zero-order valence-electron chi connectivity index (χ0n) is 9.91. The molecular weight excluding hydrogens is 246 g/mol. The van der Waals surface area contributed by atoms with Crippen molar-refractivity contribution in [3.63, 3.8) is 0 Å². The molecule has 0 atom stereocenters. The molecule has 0 saturated heterocycles. The van der Waals surface area contributed by atoms with E-state index in [0.29, 0.717) is 17.0 Å². The summed E-state index contributed by atoms with van der Waals surface area (Å²) in [7, 11) is -3.26. The predicted molar refractivity (Wildman–Crippen MR) is 73.1 cm³/mol. The second kappa shape index (κ2) is 5.23. The fourth-order valence-corrected chi connectivity index (χ4v) is 3.06. The number of rotatable bonds is 4. The van der Waals surface area contributed by atoms with Gasteiger partial charge in [0.15, 0.2) is 9.84 Å². The summed E-state index contributed by atoms with van der Waals surface area (Å²) in [4.78, 5) is 0.290. The third-order valence-corrected chi connectivity index (χ3v) is 4.43. The molecule has 2 N–H and O–H groups in total. The van der Waals surface area contributed by atoms with Crippen LogP contribution in [0.2, 0.25) is 0 Å². The second-order valence-electron chi connectivity index (χ2n) is 4.13. The molecule has 2 aromatic carbocycles. The summed E-state index contributed by atoms with van der Waals surface area (Å²) in [5.74, 6) is 0.0977. The molecule has 0 aromatic heterocycles. The molecule has 4 heteroatoms. The smallest absolute Gasteiger partial charge is 0.178 e. The van der Waals surface area contributed by atoms with E-state index < -0.39 is 9.84 Å². The Morgan fingerprint density at radius 1 is 0.944 bits per heavy atom. The van der Waals surface area contributed by atoms with Gasteiger partial charge in [-0.15, -0.1) is 0 Å². The van der Waals surface area contributed by atoms with Crippen molar-refractivity contribution in [1.82, 2.24) is 0 Å². The van der Waals surface area contributed by atoms with Crippen LogP contribution < -0.4 is 5.73 Å². The van der Waals surface area contributed by atoms with Gasteiger partial charge in [0.2, 0.25) is 0 Å². The van der Waals surface area contributed by atoms with Crippen LogP contribution in [0, 0.1) is 0 Å². The van der Waals surface area contributed by atoms with Crippen molar-refractivity contribution >= 4 is 15.5 Å². The Morgan fingerprint density at radius 3 is 2.33 bits per heavy atom. The Labute approximate surface area is 107 Å². The third-order valence-electron chi connectivity index (χ3n) is 2.72. The Balaban J connectivity index is 2.13. The number of nitrogens with two attached hydrogens (primary N) is 1. The Morgan fingerprint density at radius 2 is 1.67 bits per heavy atom. The van der Waals surface area contributed by atoms with Crippen LogP contribution in [-0.4, -0.2) is 14.2 Å². The lowest BCUT2D eigenvalue weighted by Gasteiger charge is -2.05. The van der Waals surface area contributed by atoms with Gasteiger partial charge in [-0.3, -0.25) is 0 Å². The highest BCUT2D eigenvalue weighted by Gasteiger charge is 2.14. The van der Waals surface area contributed by atoms with Crippen LogP contribution in [-0.2, 0) is 16.3 Å². The maximum Gasteiger partial charge on any atom is 0.178 e. The summed E-state index contributed by atoms with van der Waals surface area (Å²) in [6, 6.07) is 16.0. The quantitative estimate of drug-likeness (QED) is 0.859. The summed E-state index contributed by atoms with van der Waals surface area (Å²) >= 11 is 0. The van der Waals surface area contributed by atoms with Crippen molar-refractivity contribution < 1.29 is 8.42 Å². The highest BCUT2D eigenvalue weighted by molar-refractivity contribution is 7.91. The molecule has 18 heavy (non-hydrogen) atoms. The summed E-state index contributed by atoms with van der Waals surface area (Å²) in [6.45, 7) is 0. The van der Waals surface area contributed by atoms with E-state index >= 15 is 0 Å². The van der Waals surface area contributed by atoms with Gasteiger partial charge in [0, 0.05) is 5.69 Å².